The van der Waals surface area contributed by atoms with E-state index in [0.717, 1.165) is 5.56 Å². The van der Waals surface area contributed by atoms with E-state index in [9.17, 15) is 9.59 Å². The highest BCUT2D eigenvalue weighted by atomic mass is 16.5. The lowest BCUT2D eigenvalue weighted by Crippen LogP contribution is -2.25. The van der Waals surface area contributed by atoms with Crippen molar-refractivity contribution >= 4 is 17.8 Å². The van der Waals surface area contributed by atoms with Gasteiger partial charge in [-0.25, -0.2) is 0 Å². The third kappa shape index (κ3) is 4.00. The van der Waals surface area contributed by atoms with Crippen LogP contribution in [0.5, 0.6) is 11.5 Å². The quantitative estimate of drug-likeness (QED) is 0.432. The lowest BCUT2D eigenvalue weighted by molar-refractivity contribution is -0.143. The van der Waals surface area contributed by atoms with E-state index < -0.39 is 5.41 Å². The highest BCUT2D eigenvalue weighted by molar-refractivity contribution is 6.13. The molecule has 0 bridgehead atoms. The number of carbonyl (C=O) groups excluding carboxylic acids is 2. The van der Waals surface area contributed by atoms with Crippen molar-refractivity contribution in [2.75, 3.05) is 0 Å². The predicted molar refractivity (Wildman–Crippen MR) is 105 cm³/mol. The Labute approximate surface area is 159 Å². The number of Topliss-reactive ketones (excluding diaryl/α,β-unsaturated/α-hetero) is 1. The highest BCUT2D eigenvalue weighted by Crippen LogP contribution is 2.39. The average molecular weight is 362 g/mol. The largest absolute Gasteiger partial charge is 0.452 e. The summed E-state index contributed by atoms with van der Waals surface area (Å²) < 4.78 is 11.2. The lowest BCUT2D eigenvalue weighted by Gasteiger charge is -2.17. The number of allylic oxidation sites excluding steroid dienone is 3. The van der Waals surface area contributed by atoms with Crippen LogP contribution in [0.2, 0.25) is 0 Å². The van der Waals surface area contributed by atoms with E-state index in [0.29, 0.717) is 22.6 Å². The molecular weight excluding hydrogens is 340 g/mol. The number of hydrogen-bond donors (Lipinski definition) is 0. The second kappa shape index (κ2) is 7.23. The Bertz CT molecular complexity index is 944. The molecule has 0 radical (unpaired) electrons. The van der Waals surface area contributed by atoms with Gasteiger partial charge in [0.15, 0.2) is 5.76 Å². The lowest BCUT2D eigenvalue weighted by atomic mass is 9.97. The van der Waals surface area contributed by atoms with E-state index in [2.05, 4.69) is 0 Å². The molecule has 0 aliphatic carbocycles. The standard InChI is InChI=1S/C23H22O4/c1-15-18(27-22(25)23(2,3)4)14-13-17-20(24)19(26-21(15)17)12-8-11-16-9-6-5-7-10-16/h5-14H,1-4H3/b11-8+,19-12-. The molecule has 0 atom stereocenters. The zero-order chi connectivity index (χ0) is 19.6. The SMILES string of the molecule is Cc1c(OC(=O)C(C)(C)C)ccc2c1O/C(=C\C=C\c1ccccc1)C2=O. The number of carbonyl (C=O) groups is 2. The summed E-state index contributed by atoms with van der Waals surface area (Å²) in [5, 5.41) is 0. The van der Waals surface area contributed by atoms with Crippen LogP contribution in [-0.2, 0) is 4.79 Å². The molecule has 2 aromatic carbocycles. The Morgan fingerprint density at radius 3 is 2.44 bits per heavy atom. The van der Waals surface area contributed by atoms with Crippen molar-refractivity contribution in [1.82, 2.24) is 0 Å². The van der Waals surface area contributed by atoms with Gasteiger partial charge in [0.25, 0.3) is 0 Å². The van der Waals surface area contributed by atoms with Crippen molar-refractivity contribution < 1.29 is 19.1 Å². The Morgan fingerprint density at radius 2 is 1.78 bits per heavy atom. The monoisotopic (exact) mass is 362 g/mol. The van der Waals surface area contributed by atoms with Crippen LogP contribution in [0, 0.1) is 12.3 Å². The van der Waals surface area contributed by atoms with Crippen molar-refractivity contribution in [2.24, 2.45) is 5.41 Å². The highest BCUT2D eigenvalue weighted by Gasteiger charge is 2.31. The molecule has 1 heterocycles. The first-order valence-electron chi connectivity index (χ1n) is 8.79. The molecule has 0 spiro atoms. The summed E-state index contributed by atoms with van der Waals surface area (Å²) in [6.07, 6.45) is 5.33. The van der Waals surface area contributed by atoms with E-state index in [1.807, 2.05) is 36.4 Å². The molecule has 4 heteroatoms. The summed E-state index contributed by atoms with van der Waals surface area (Å²) in [6.45, 7) is 7.15. The molecule has 27 heavy (non-hydrogen) atoms. The van der Waals surface area contributed by atoms with Gasteiger partial charge in [-0.15, -0.1) is 0 Å². The summed E-state index contributed by atoms with van der Waals surface area (Å²) in [7, 11) is 0. The number of hydrogen-bond acceptors (Lipinski definition) is 4. The van der Waals surface area contributed by atoms with Gasteiger partial charge >= 0.3 is 5.97 Å². The normalized spacial score (nSPS) is 15.1. The van der Waals surface area contributed by atoms with Crippen LogP contribution in [0.15, 0.2) is 60.4 Å². The van der Waals surface area contributed by atoms with Crippen molar-refractivity contribution in [3.05, 3.63) is 77.1 Å². The third-order valence-corrected chi connectivity index (χ3v) is 4.19. The molecule has 4 nitrogen and oxygen atoms in total. The van der Waals surface area contributed by atoms with Gasteiger partial charge in [-0.3, -0.25) is 9.59 Å². The van der Waals surface area contributed by atoms with Crippen LogP contribution in [0.4, 0.5) is 0 Å². The van der Waals surface area contributed by atoms with Gasteiger partial charge < -0.3 is 9.47 Å². The Morgan fingerprint density at radius 1 is 1.07 bits per heavy atom. The fourth-order valence-electron chi connectivity index (χ4n) is 2.56. The van der Waals surface area contributed by atoms with Gasteiger partial charge in [-0.05, 0) is 51.5 Å². The van der Waals surface area contributed by atoms with E-state index in [1.165, 1.54) is 0 Å². The fourth-order valence-corrected chi connectivity index (χ4v) is 2.56. The smallest absolute Gasteiger partial charge is 0.316 e. The average Bonchev–Trinajstić information content (AvgIpc) is 2.94. The minimum Gasteiger partial charge on any atom is -0.452 e. The molecule has 3 rings (SSSR count). The molecule has 0 saturated carbocycles. The Kier molecular flexibility index (Phi) is 5.00. The zero-order valence-electron chi connectivity index (χ0n) is 15.9. The maximum Gasteiger partial charge on any atom is 0.316 e. The molecule has 0 aromatic heterocycles. The Hall–Kier alpha value is -3.14. The molecule has 0 N–H and O–H groups in total. The fraction of sp³-hybridized carbons (Fsp3) is 0.217. The Balaban J connectivity index is 1.82. The molecule has 0 fully saturated rings. The molecule has 138 valence electrons. The van der Waals surface area contributed by atoms with Gasteiger partial charge in [0.2, 0.25) is 5.78 Å². The molecule has 0 saturated heterocycles. The number of ether oxygens (including phenoxy) is 2. The van der Waals surface area contributed by atoms with Crippen molar-refractivity contribution in [2.45, 2.75) is 27.7 Å². The van der Waals surface area contributed by atoms with E-state index in [4.69, 9.17) is 9.47 Å². The first-order valence-corrected chi connectivity index (χ1v) is 8.79. The maximum atomic E-state index is 12.5. The molecule has 0 amide bonds. The van der Waals surface area contributed by atoms with E-state index >= 15 is 0 Å². The van der Waals surface area contributed by atoms with Gasteiger partial charge in [-0.1, -0.05) is 42.5 Å². The summed E-state index contributed by atoms with van der Waals surface area (Å²) in [6, 6.07) is 13.1. The third-order valence-electron chi connectivity index (χ3n) is 4.19. The minimum absolute atomic E-state index is 0.181. The van der Waals surface area contributed by atoms with Crippen LogP contribution in [0.3, 0.4) is 0 Å². The van der Waals surface area contributed by atoms with Gasteiger partial charge in [-0.2, -0.15) is 0 Å². The van der Waals surface area contributed by atoms with Crippen molar-refractivity contribution in [3.63, 3.8) is 0 Å². The number of rotatable bonds is 3. The summed E-state index contributed by atoms with van der Waals surface area (Å²) in [4.78, 5) is 24.7. The topological polar surface area (TPSA) is 52.6 Å². The van der Waals surface area contributed by atoms with E-state index in [1.54, 1.807) is 52.0 Å². The summed E-state index contributed by atoms with van der Waals surface area (Å²) >= 11 is 0. The number of ketones is 1. The van der Waals surface area contributed by atoms with Gasteiger partial charge in [0, 0.05) is 5.56 Å². The van der Waals surface area contributed by atoms with Crippen LogP contribution in [0.25, 0.3) is 6.08 Å². The van der Waals surface area contributed by atoms with Crippen molar-refractivity contribution in [1.29, 1.82) is 0 Å². The van der Waals surface area contributed by atoms with Crippen LogP contribution >= 0.6 is 0 Å². The first-order chi connectivity index (χ1) is 12.8. The van der Waals surface area contributed by atoms with Crippen LogP contribution in [0.1, 0.15) is 42.3 Å². The molecule has 2 aromatic rings. The predicted octanol–water partition coefficient (Wildman–Crippen LogP) is 5.12. The first kappa shape index (κ1) is 18.6. The van der Waals surface area contributed by atoms with E-state index in [-0.39, 0.29) is 17.5 Å². The molecular formula is C23H22O4. The number of benzene rings is 2. The summed E-state index contributed by atoms with van der Waals surface area (Å²) in [5.74, 6) is 0.580. The van der Waals surface area contributed by atoms with Crippen LogP contribution in [-0.4, -0.2) is 11.8 Å². The molecule has 1 aliphatic rings. The number of esters is 1. The second-order valence-electron chi connectivity index (χ2n) is 7.44. The molecule has 1 aliphatic heterocycles. The van der Waals surface area contributed by atoms with Crippen LogP contribution < -0.4 is 9.47 Å². The maximum absolute atomic E-state index is 12.5. The number of fused-ring (bicyclic) bond motifs is 1. The minimum atomic E-state index is -0.616. The zero-order valence-corrected chi connectivity index (χ0v) is 15.9. The summed E-state index contributed by atoms with van der Waals surface area (Å²) in [5.41, 5.74) is 1.52. The second-order valence-corrected chi connectivity index (χ2v) is 7.44. The van der Waals surface area contributed by atoms with Crippen molar-refractivity contribution in [3.8, 4) is 11.5 Å². The molecule has 0 unspecified atom stereocenters. The van der Waals surface area contributed by atoms with Gasteiger partial charge in [0.05, 0.1) is 11.0 Å². The van der Waals surface area contributed by atoms with Gasteiger partial charge in [0.1, 0.15) is 11.5 Å².